The van der Waals surface area contributed by atoms with Crippen molar-refractivity contribution in [2.24, 2.45) is 0 Å². The van der Waals surface area contributed by atoms with E-state index >= 15 is 0 Å². The van der Waals surface area contributed by atoms with Crippen LogP contribution in [0.25, 0.3) is 11.1 Å². The van der Waals surface area contributed by atoms with Crippen LogP contribution in [0.15, 0.2) is 30.3 Å². The lowest BCUT2D eigenvalue weighted by Gasteiger charge is -2.11. The minimum atomic E-state index is -3.03. The zero-order valence-electron chi connectivity index (χ0n) is 9.64. The topological polar surface area (TPSA) is 9.23 Å². The van der Waals surface area contributed by atoms with Gasteiger partial charge in [-0.1, -0.05) is 34.8 Å². The molecule has 0 amide bonds. The maximum Gasteiger partial charge on any atom is 0.387 e. The first kappa shape index (κ1) is 15.3. The molecule has 1 nitrogen and oxygen atoms in total. The average molecular weight is 342 g/mol. The minimum Gasteiger partial charge on any atom is -0.435 e. The molecule has 2 aromatic rings. The number of hydrogen-bond acceptors (Lipinski definition) is 1. The van der Waals surface area contributed by atoms with Gasteiger partial charge in [-0.05, 0) is 24.3 Å². The first-order valence-corrected chi connectivity index (χ1v) is 6.41. The van der Waals surface area contributed by atoms with Crippen LogP contribution < -0.4 is 4.74 Å². The SMILES string of the molecule is Fc1cc(OC(F)F)ccc1-c1c(Cl)ccc(Cl)c1Cl. The lowest BCUT2D eigenvalue weighted by Crippen LogP contribution is -2.02. The van der Waals surface area contributed by atoms with Gasteiger partial charge in [0.1, 0.15) is 11.6 Å². The first-order valence-electron chi connectivity index (χ1n) is 5.28. The molecule has 0 unspecified atom stereocenters. The van der Waals surface area contributed by atoms with Crippen molar-refractivity contribution in [2.45, 2.75) is 6.61 Å². The molecule has 0 aromatic heterocycles. The molecule has 0 bridgehead atoms. The number of ether oxygens (including phenoxy) is 1. The van der Waals surface area contributed by atoms with Crippen LogP contribution in [0.1, 0.15) is 0 Å². The molecule has 106 valence electrons. The van der Waals surface area contributed by atoms with Gasteiger partial charge >= 0.3 is 6.61 Å². The molecular formula is C13H6Cl3F3O. The highest BCUT2D eigenvalue weighted by atomic mass is 35.5. The molecule has 0 aliphatic heterocycles. The van der Waals surface area contributed by atoms with Crippen LogP contribution in [0.5, 0.6) is 5.75 Å². The van der Waals surface area contributed by atoms with E-state index in [1.807, 2.05) is 0 Å². The lowest BCUT2D eigenvalue weighted by molar-refractivity contribution is -0.0499. The summed E-state index contributed by atoms with van der Waals surface area (Å²) in [6.07, 6.45) is 0. The van der Waals surface area contributed by atoms with Crippen molar-refractivity contribution in [3.63, 3.8) is 0 Å². The monoisotopic (exact) mass is 340 g/mol. The quantitative estimate of drug-likeness (QED) is 0.617. The number of benzene rings is 2. The van der Waals surface area contributed by atoms with E-state index in [0.717, 1.165) is 6.07 Å². The Morgan fingerprint density at radius 2 is 1.60 bits per heavy atom. The van der Waals surface area contributed by atoms with E-state index in [1.54, 1.807) is 0 Å². The van der Waals surface area contributed by atoms with Gasteiger partial charge in [-0.15, -0.1) is 0 Å². The molecule has 7 heteroatoms. The molecular weight excluding hydrogens is 335 g/mol. The second kappa shape index (κ2) is 6.12. The molecule has 0 heterocycles. The Morgan fingerprint density at radius 1 is 0.950 bits per heavy atom. The summed E-state index contributed by atoms with van der Waals surface area (Å²) in [5, 5.41) is 0.486. The fraction of sp³-hybridized carbons (Fsp3) is 0.0769. The highest BCUT2D eigenvalue weighted by Crippen LogP contribution is 2.40. The second-order valence-electron chi connectivity index (χ2n) is 3.74. The standard InChI is InChI=1S/C13H6Cl3F3O/c14-8-3-4-9(15)12(16)11(8)7-2-1-6(5-10(7)17)20-13(18)19/h1-5,13H. The zero-order chi connectivity index (χ0) is 14.9. The van der Waals surface area contributed by atoms with E-state index in [4.69, 9.17) is 34.8 Å². The fourth-order valence-electron chi connectivity index (χ4n) is 1.65. The van der Waals surface area contributed by atoms with Gasteiger partial charge in [-0.2, -0.15) is 8.78 Å². The van der Waals surface area contributed by atoms with Gasteiger partial charge in [0.25, 0.3) is 0 Å². The van der Waals surface area contributed by atoms with Crippen LogP contribution in [0, 0.1) is 5.82 Å². The highest BCUT2D eigenvalue weighted by molar-refractivity contribution is 6.46. The van der Waals surface area contributed by atoms with Crippen molar-refractivity contribution in [1.29, 1.82) is 0 Å². The third kappa shape index (κ3) is 3.14. The molecule has 0 aliphatic carbocycles. The third-order valence-electron chi connectivity index (χ3n) is 2.48. The van der Waals surface area contributed by atoms with Crippen molar-refractivity contribution in [1.82, 2.24) is 0 Å². The molecule has 0 atom stereocenters. The van der Waals surface area contributed by atoms with Crippen LogP contribution in [-0.2, 0) is 0 Å². The predicted octanol–water partition coefficient (Wildman–Crippen LogP) is 6.05. The summed E-state index contributed by atoms with van der Waals surface area (Å²) < 4.78 is 42.2. The summed E-state index contributed by atoms with van der Waals surface area (Å²) in [6, 6.07) is 6.21. The van der Waals surface area contributed by atoms with Gasteiger partial charge in [0.2, 0.25) is 0 Å². The Balaban J connectivity index is 2.52. The van der Waals surface area contributed by atoms with Gasteiger partial charge in [0.05, 0.1) is 15.1 Å². The molecule has 0 saturated heterocycles. The normalized spacial score (nSPS) is 10.9. The van der Waals surface area contributed by atoms with Crippen LogP contribution in [-0.4, -0.2) is 6.61 Å². The molecule has 0 N–H and O–H groups in total. The highest BCUT2D eigenvalue weighted by Gasteiger charge is 2.16. The average Bonchev–Trinajstić information content (AvgIpc) is 2.36. The Morgan fingerprint density at radius 3 is 2.20 bits per heavy atom. The Labute approximate surface area is 127 Å². The molecule has 0 spiro atoms. The third-order valence-corrected chi connectivity index (χ3v) is 3.60. The summed E-state index contributed by atoms with van der Waals surface area (Å²) in [6.45, 7) is -3.03. The largest absolute Gasteiger partial charge is 0.435 e. The van der Waals surface area contributed by atoms with E-state index in [9.17, 15) is 13.2 Å². The van der Waals surface area contributed by atoms with Crippen LogP contribution in [0.2, 0.25) is 15.1 Å². The van der Waals surface area contributed by atoms with Crippen molar-refractivity contribution in [3.8, 4) is 16.9 Å². The maximum atomic E-state index is 14.0. The molecule has 20 heavy (non-hydrogen) atoms. The predicted molar refractivity (Wildman–Crippen MR) is 73.5 cm³/mol. The number of rotatable bonds is 3. The molecule has 2 rings (SSSR count). The van der Waals surface area contributed by atoms with Gasteiger partial charge in [0, 0.05) is 17.2 Å². The van der Waals surface area contributed by atoms with E-state index in [-0.39, 0.29) is 31.9 Å². The summed E-state index contributed by atoms with van der Waals surface area (Å²) >= 11 is 17.8. The minimum absolute atomic E-state index is 0.0455. The molecule has 0 radical (unpaired) electrons. The van der Waals surface area contributed by atoms with E-state index in [2.05, 4.69) is 4.74 Å². The van der Waals surface area contributed by atoms with Gasteiger partial charge in [0.15, 0.2) is 0 Å². The summed E-state index contributed by atoms with van der Waals surface area (Å²) in [5.74, 6) is -1.09. The van der Waals surface area contributed by atoms with Crippen molar-refractivity contribution < 1.29 is 17.9 Å². The van der Waals surface area contributed by atoms with E-state index in [1.165, 1.54) is 24.3 Å². The summed E-state index contributed by atoms with van der Waals surface area (Å²) in [7, 11) is 0. The first-order chi connectivity index (χ1) is 9.40. The zero-order valence-corrected chi connectivity index (χ0v) is 11.9. The van der Waals surface area contributed by atoms with Crippen molar-refractivity contribution >= 4 is 34.8 Å². The number of hydrogen-bond donors (Lipinski definition) is 0. The Hall–Kier alpha value is -1.10. The molecule has 0 aliphatic rings. The van der Waals surface area contributed by atoms with Crippen LogP contribution >= 0.6 is 34.8 Å². The fourth-order valence-corrected chi connectivity index (χ4v) is 2.38. The Bertz CT molecular complexity index is 647. The lowest BCUT2D eigenvalue weighted by atomic mass is 10.0. The molecule has 0 fully saturated rings. The van der Waals surface area contributed by atoms with Gasteiger partial charge in [-0.25, -0.2) is 4.39 Å². The number of alkyl halides is 2. The van der Waals surface area contributed by atoms with Crippen LogP contribution in [0.3, 0.4) is 0 Å². The maximum absolute atomic E-state index is 14.0. The smallest absolute Gasteiger partial charge is 0.387 e. The van der Waals surface area contributed by atoms with Gasteiger partial charge < -0.3 is 4.74 Å². The number of halogens is 6. The van der Waals surface area contributed by atoms with E-state index < -0.39 is 12.4 Å². The van der Waals surface area contributed by atoms with Crippen molar-refractivity contribution in [2.75, 3.05) is 0 Å². The molecule has 0 saturated carbocycles. The van der Waals surface area contributed by atoms with E-state index in [0.29, 0.717) is 0 Å². The van der Waals surface area contributed by atoms with Gasteiger partial charge in [-0.3, -0.25) is 0 Å². The molecule has 2 aromatic carbocycles. The Kier molecular flexibility index (Phi) is 4.68. The van der Waals surface area contributed by atoms with Crippen molar-refractivity contribution in [3.05, 3.63) is 51.2 Å². The van der Waals surface area contributed by atoms with Crippen LogP contribution in [0.4, 0.5) is 13.2 Å². The summed E-state index contributed by atoms with van der Waals surface area (Å²) in [4.78, 5) is 0. The summed E-state index contributed by atoms with van der Waals surface area (Å²) in [5.41, 5.74) is 0.242. The second-order valence-corrected chi connectivity index (χ2v) is 4.93.